The van der Waals surface area contributed by atoms with E-state index in [2.05, 4.69) is 11.1 Å². The summed E-state index contributed by atoms with van der Waals surface area (Å²) in [4.78, 5) is 17.2. The van der Waals surface area contributed by atoms with E-state index in [1.807, 2.05) is 18.5 Å². The van der Waals surface area contributed by atoms with Gasteiger partial charge in [-0.1, -0.05) is 0 Å². The van der Waals surface area contributed by atoms with E-state index >= 15 is 0 Å². The molecule has 0 saturated heterocycles. The average Bonchev–Trinajstić information content (AvgIpc) is 3.09. The molecular weight excluding hydrogens is 326 g/mol. The van der Waals surface area contributed by atoms with Crippen LogP contribution in [0.5, 0.6) is 0 Å². The van der Waals surface area contributed by atoms with Crippen molar-refractivity contribution < 1.29 is 9.53 Å². The number of aliphatic imine (C=N–C) groups is 1. The summed E-state index contributed by atoms with van der Waals surface area (Å²) in [7, 11) is 1.85. The Hall–Kier alpha value is -2.35. The van der Waals surface area contributed by atoms with Gasteiger partial charge in [-0.25, -0.2) is 9.79 Å². The normalized spacial score (nSPS) is 36.3. The summed E-state index contributed by atoms with van der Waals surface area (Å²) in [6.07, 6.45) is 9.20. The van der Waals surface area contributed by atoms with Gasteiger partial charge in [0.1, 0.15) is 11.8 Å². The SMILES string of the molecule is Cc1c(/C=C2\N=C(C34CC5CC(CC(C5)C3)C4)OC2=O)cc(C#N)n1C. The number of nitrogens with zero attached hydrogens (tertiary/aromatic N) is 3. The third-order valence-corrected chi connectivity index (χ3v) is 7.09. The van der Waals surface area contributed by atoms with E-state index in [0.717, 1.165) is 48.3 Å². The molecule has 1 aromatic rings. The fraction of sp³-hybridized carbons (Fsp3) is 0.571. The zero-order valence-corrected chi connectivity index (χ0v) is 15.3. The first-order valence-electron chi connectivity index (χ1n) is 9.57. The van der Waals surface area contributed by atoms with Crippen LogP contribution >= 0.6 is 0 Å². The molecule has 0 amide bonds. The molecule has 0 aromatic carbocycles. The lowest BCUT2D eigenvalue weighted by Gasteiger charge is -2.55. The molecule has 5 aliphatic rings. The summed E-state index contributed by atoms with van der Waals surface area (Å²) >= 11 is 0. The van der Waals surface area contributed by atoms with E-state index in [4.69, 9.17) is 4.74 Å². The van der Waals surface area contributed by atoms with Crippen LogP contribution in [0.2, 0.25) is 0 Å². The summed E-state index contributed by atoms with van der Waals surface area (Å²) in [6, 6.07) is 3.97. The van der Waals surface area contributed by atoms with Crippen LogP contribution < -0.4 is 0 Å². The van der Waals surface area contributed by atoms with Crippen molar-refractivity contribution >= 4 is 17.9 Å². The summed E-state index contributed by atoms with van der Waals surface area (Å²) in [5.41, 5.74) is 2.73. The Morgan fingerprint density at radius 3 is 2.42 bits per heavy atom. The Bertz CT molecular complexity index is 877. The van der Waals surface area contributed by atoms with Gasteiger partial charge < -0.3 is 9.30 Å². The number of carbonyl (C=O) groups excluding carboxylic acids is 1. The molecule has 0 unspecified atom stereocenters. The molecule has 5 heteroatoms. The van der Waals surface area contributed by atoms with Gasteiger partial charge >= 0.3 is 5.97 Å². The Kier molecular flexibility index (Phi) is 3.25. The van der Waals surface area contributed by atoms with Crippen LogP contribution in [0.25, 0.3) is 6.08 Å². The number of hydrogen-bond donors (Lipinski definition) is 0. The van der Waals surface area contributed by atoms with Gasteiger partial charge in [-0.15, -0.1) is 0 Å². The highest BCUT2D eigenvalue weighted by molar-refractivity contribution is 6.09. The molecule has 6 rings (SSSR count). The highest BCUT2D eigenvalue weighted by Gasteiger charge is 2.55. The molecule has 4 fully saturated rings. The Labute approximate surface area is 153 Å². The number of nitriles is 1. The van der Waals surface area contributed by atoms with Crippen LogP contribution in [0.3, 0.4) is 0 Å². The van der Waals surface area contributed by atoms with Crippen molar-refractivity contribution in [2.45, 2.75) is 45.4 Å². The molecule has 4 aliphatic carbocycles. The number of esters is 1. The molecule has 26 heavy (non-hydrogen) atoms. The van der Waals surface area contributed by atoms with Crippen LogP contribution in [-0.4, -0.2) is 16.4 Å². The Morgan fingerprint density at radius 2 is 1.88 bits per heavy atom. The number of aromatic nitrogens is 1. The van der Waals surface area contributed by atoms with Gasteiger partial charge in [-0.3, -0.25) is 0 Å². The minimum atomic E-state index is -0.350. The summed E-state index contributed by atoms with van der Waals surface area (Å²) in [5.74, 6) is 2.67. The van der Waals surface area contributed by atoms with Crippen LogP contribution in [0.4, 0.5) is 0 Å². The zero-order valence-electron chi connectivity index (χ0n) is 15.3. The van der Waals surface area contributed by atoms with Crippen molar-refractivity contribution in [1.29, 1.82) is 5.26 Å². The summed E-state index contributed by atoms with van der Waals surface area (Å²) in [6.45, 7) is 1.94. The van der Waals surface area contributed by atoms with Gasteiger partial charge in [0.2, 0.25) is 5.90 Å². The Morgan fingerprint density at radius 1 is 1.27 bits per heavy atom. The van der Waals surface area contributed by atoms with E-state index in [0.29, 0.717) is 17.3 Å². The van der Waals surface area contributed by atoms with Gasteiger partial charge in [-0.05, 0) is 80.9 Å². The van der Waals surface area contributed by atoms with Crippen molar-refractivity contribution in [1.82, 2.24) is 4.57 Å². The predicted molar refractivity (Wildman–Crippen MR) is 97.0 cm³/mol. The van der Waals surface area contributed by atoms with E-state index in [1.165, 1.54) is 19.3 Å². The van der Waals surface area contributed by atoms with Gasteiger partial charge in [0.25, 0.3) is 0 Å². The maximum atomic E-state index is 12.5. The Balaban J connectivity index is 1.50. The molecule has 1 aromatic heterocycles. The van der Waals surface area contributed by atoms with Gasteiger partial charge in [0.15, 0.2) is 5.70 Å². The van der Waals surface area contributed by atoms with Crippen molar-refractivity contribution in [3.8, 4) is 6.07 Å². The molecule has 2 heterocycles. The van der Waals surface area contributed by atoms with E-state index in [-0.39, 0.29) is 11.4 Å². The van der Waals surface area contributed by atoms with Gasteiger partial charge in [0.05, 0.1) is 0 Å². The zero-order chi connectivity index (χ0) is 18.1. The second kappa shape index (κ2) is 5.33. The molecule has 4 bridgehead atoms. The lowest BCUT2D eigenvalue weighted by atomic mass is 9.49. The molecule has 0 spiro atoms. The quantitative estimate of drug-likeness (QED) is 0.604. The molecule has 0 N–H and O–H groups in total. The highest BCUT2D eigenvalue weighted by atomic mass is 16.6. The molecular formula is C21H23N3O2. The van der Waals surface area contributed by atoms with Crippen LogP contribution in [-0.2, 0) is 16.6 Å². The molecule has 134 valence electrons. The monoisotopic (exact) mass is 349 g/mol. The first-order valence-corrected chi connectivity index (χ1v) is 9.57. The highest BCUT2D eigenvalue weighted by Crippen LogP contribution is 2.61. The number of carbonyl (C=O) groups is 1. The van der Waals surface area contributed by atoms with Crippen LogP contribution in [0.15, 0.2) is 16.8 Å². The molecule has 0 atom stereocenters. The standard InChI is InChI=1S/C21H23N3O2/c1-12-16(6-17(11-22)24(12)2)7-18-19(25)26-20(23-18)21-8-13-3-14(9-21)5-15(4-13)10-21/h6-7,13-15H,3-5,8-10H2,1-2H3/b18-7-. The van der Waals surface area contributed by atoms with E-state index < -0.39 is 0 Å². The maximum Gasteiger partial charge on any atom is 0.363 e. The van der Waals surface area contributed by atoms with E-state index in [9.17, 15) is 10.1 Å². The second-order valence-corrected chi connectivity index (χ2v) is 8.78. The van der Waals surface area contributed by atoms with Crippen molar-refractivity contribution in [2.24, 2.45) is 35.2 Å². The third kappa shape index (κ3) is 2.21. The largest absolute Gasteiger partial charge is 0.406 e. The number of hydrogen-bond acceptors (Lipinski definition) is 4. The van der Waals surface area contributed by atoms with Crippen LogP contribution in [0, 0.1) is 41.4 Å². The summed E-state index contributed by atoms with van der Waals surface area (Å²) in [5, 5.41) is 9.20. The molecule has 5 nitrogen and oxygen atoms in total. The fourth-order valence-corrected chi connectivity index (χ4v) is 6.13. The number of rotatable bonds is 2. The smallest absolute Gasteiger partial charge is 0.363 e. The molecule has 0 radical (unpaired) electrons. The predicted octanol–water partition coefficient (Wildman–Crippen LogP) is 3.72. The lowest BCUT2D eigenvalue weighted by molar-refractivity contribution is -0.131. The fourth-order valence-electron chi connectivity index (χ4n) is 6.13. The second-order valence-electron chi connectivity index (χ2n) is 8.78. The van der Waals surface area contributed by atoms with Crippen molar-refractivity contribution in [2.75, 3.05) is 0 Å². The van der Waals surface area contributed by atoms with Crippen molar-refractivity contribution in [3.05, 3.63) is 28.7 Å². The maximum absolute atomic E-state index is 12.5. The molecule has 4 saturated carbocycles. The lowest BCUT2D eigenvalue weighted by Crippen LogP contribution is -2.50. The van der Waals surface area contributed by atoms with Crippen LogP contribution in [0.1, 0.15) is 55.5 Å². The average molecular weight is 349 g/mol. The van der Waals surface area contributed by atoms with Gasteiger partial charge in [0, 0.05) is 18.2 Å². The van der Waals surface area contributed by atoms with Crippen molar-refractivity contribution in [3.63, 3.8) is 0 Å². The number of cyclic esters (lactones) is 1. The van der Waals surface area contributed by atoms with E-state index in [1.54, 1.807) is 12.1 Å². The topological polar surface area (TPSA) is 67.4 Å². The summed E-state index contributed by atoms with van der Waals surface area (Å²) < 4.78 is 7.53. The minimum Gasteiger partial charge on any atom is -0.406 e. The number of ether oxygens (including phenoxy) is 1. The van der Waals surface area contributed by atoms with Gasteiger partial charge in [-0.2, -0.15) is 5.26 Å². The minimum absolute atomic E-state index is 0.0104. The first kappa shape index (κ1) is 15.9. The molecule has 1 aliphatic heterocycles. The third-order valence-electron chi connectivity index (χ3n) is 7.09. The first-order chi connectivity index (χ1) is 12.5.